The fraction of sp³-hybridized carbons (Fsp3) is 0.750. The van der Waals surface area contributed by atoms with Crippen LogP contribution < -0.4 is 0 Å². The maximum atomic E-state index is 14.2. The van der Waals surface area contributed by atoms with Gasteiger partial charge in [0.05, 0.1) is 14.8 Å². The number of ether oxygens (including phenoxy) is 6. The van der Waals surface area contributed by atoms with Gasteiger partial charge in [0.15, 0.2) is 0 Å². The maximum absolute atomic E-state index is 14.2. The molecule has 60 heavy (non-hydrogen) atoms. The van der Waals surface area contributed by atoms with E-state index in [1.54, 1.807) is 0 Å². The van der Waals surface area contributed by atoms with Crippen LogP contribution in [0.3, 0.4) is 0 Å². The lowest BCUT2D eigenvalue weighted by atomic mass is 9.93. The van der Waals surface area contributed by atoms with E-state index in [0.29, 0.717) is 0 Å². The smallest absolute Gasteiger partial charge is 0.454 e. The zero-order valence-corrected chi connectivity index (χ0v) is 37.0. The van der Waals surface area contributed by atoms with Gasteiger partial charge in [0, 0.05) is 0 Å². The van der Waals surface area contributed by atoms with Gasteiger partial charge in [-0.3, -0.25) is 30.3 Å². The molecule has 0 atom stereocenters. The summed E-state index contributed by atoms with van der Waals surface area (Å²) in [5, 5.41) is 40.3. The lowest BCUT2D eigenvalue weighted by Crippen LogP contribution is -2.60. The molecule has 24 heteroatoms. The molecule has 0 unspecified atom stereocenters. The summed E-state index contributed by atoms with van der Waals surface area (Å²) < 4.78 is 31.4. The van der Waals surface area contributed by atoms with Gasteiger partial charge in [-0.1, -0.05) is 0 Å². The van der Waals surface area contributed by atoms with Crippen molar-refractivity contribution >= 4 is 35.8 Å². The fourth-order valence-electron chi connectivity index (χ4n) is 4.46. The summed E-state index contributed by atoms with van der Waals surface area (Å²) in [6.07, 6.45) is 0. The standard InChI is InChI=1S/C36H54N6O18/c1-28(2,3)55-22(43)34(40(49)50,23(44)56-29(4,5)6)19-37-20(35(41(51)52,24(45)57-30(7,8)9)25(46)58-31(10,11)12)39-21(38-19)36(42(53)54,26(47)59-32(13,14)15)27(48)60-33(16,17)18/h1-18H3. The van der Waals surface area contributed by atoms with Crippen molar-refractivity contribution in [1.29, 1.82) is 0 Å². The molecule has 0 aliphatic carbocycles. The first-order chi connectivity index (χ1) is 26.4. The zero-order valence-electron chi connectivity index (χ0n) is 37.0. The Balaban J connectivity index is 5.37. The molecule has 1 heterocycles. The van der Waals surface area contributed by atoms with Gasteiger partial charge in [-0.05, 0) is 125 Å². The van der Waals surface area contributed by atoms with Crippen molar-refractivity contribution in [2.75, 3.05) is 0 Å². The van der Waals surface area contributed by atoms with Crippen LogP contribution in [0.25, 0.3) is 0 Å². The summed E-state index contributed by atoms with van der Waals surface area (Å²) in [5.74, 6) is -19.1. The average Bonchev–Trinajstić information content (AvgIpc) is 2.91. The minimum Gasteiger partial charge on any atom is -0.454 e. The number of esters is 6. The van der Waals surface area contributed by atoms with Crippen LogP contribution >= 0.6 is 0 Å². The molecule has 0 saturated carbocycles. The molecule has 0 saturated heterocycles. The summed E-state index contributed by atoms with van der Waals surface area (Å²) in [6.45, 7) is 21.5. The second kappa shape index (κ2) is 16.6. The number of nitrogens with zero attached hydrogens (tertiary/aromatic N) is 6. The van der Waals surface area contributed by atoms with Crippen molar-refractivity contribution in [2.24, 2.45) is 0 Å². The van der Waals surface area contributed by atoms with Crippen LogP contribution in [0.1, 0.15) is 142 Å². The summed E-state index contributed by atoms with van der Waals surface area (Å²) >= 11 is 0. The molecule has 0 radical (unpaired) electrons. The first kappa shape index (κ1) is 52.0. The summed E-state index contributed by atoms with van der Waals surface area (Å²) in [4.78, 5) is 131. The van der Waals surface area contributed by atoms with Gasteiger partial charge in [0.2, 0.25) is 17.5 Å². The second-order valence-corrected chi connectivity index (χ2v) is 19.2. The van der Waals surface area contributed by atoms with Gasteiger partial charge in [-0.2, -0.15) is 0 Å². The molecule has 0 aliphatic rings. The highest BCUT2D eigenvalue weighted by Gasteiger charge is 2.75. The Morgan fingerprint density at radius 2 is 0.450 bits per heavy atom. The third-order valence-corrected chi connectivity index (χ3v) is 6.59. The Morgan fingerprint density at radius 1 is 0.333 bits per heavy atom. The molecular weight excluding hydrogens is 804 g/mol. The van der Waals surface area contributed by atoms with Crippen molar-refractivity contribution in [3.8, 4) is 0 Å². The van der Waals surface area contributed by atoms with E-state index in [1.807, 2.05) is 0 Å². The molecule has 1 aromatic rings. The Bertz CT molecular complexity index is 1620. The molecule has 0 aromatic carbocycles. The number of hydrogen-bond donors (Lipinski definition) is 0. The number of carbonyl (C=O) groups is 6. The molecule has 0 spiro atoms. The molecule has 336 valence electrons. The molecule has 0 fully saturated rings. The third kappa shape index (κ3) is 11.6. The first-order valence-electron chi connectivity index (χ1n) is 18.0. The zero-order chi connectivity index (χ0) is 47.8. The van der Waals surface area contributed by atoms with Crippen LogP contribution in [-0.2, 0) is 73.8 Å². The number of hydrogen-bond acceptors (Lipinski definition) is 21. The average molecular weight is 859 g/mol. The molecule has 24 nitrogen and oxygen atoms in total. The van der Waals surface area contributed by atoms with Crippen molar-refractivity contribution < 1.29 is 72.0 Å². The molecule has 1 aromatic heterocycles. The molecule has 1 rings (SSSR count). The van der Waals surface area contributed by atoms with E-state index in [4.69, 9.17) is 28.4 Å². The highest BCUT2D eigenvalue weighted by molar-refractivity contribution is 6.06. The van der Waals surface area contributed by atoms with Crippen LogP contribution in [0.2, 0.25) is 0 Å². The lowest BCUT2D eigenvalue weighted by Gasteiger charge is -2.31. The van der Waals surface area contributed by atoms with Crippen molar-refractivity contribution in [3.05, 3.63) is 47.8 Å². The molecule has 0 N–H and O–H groups in total. The Labute approximate surface area is 345 Å². The van der Waals surface area contributed by atoms with Gasteiger partial charge < -0.3 is 28.4 Å². The highest BCUT2D eigenvalue weighted by Crippen LogP contribution is 2.38. The van der Waals surface area contributed by atoms with Crippen molar-refractivity contribution in [1.82, 2.24) is 15.0 Å². The van der Waals surface area contributed by atoms with Crippen LogP contribution in [0.4, 0.5) is 0 Å². The van der Waals surface area contributed by atoms with Crippen LogP contribution in [-0.4, -0.2) is 99.1 Å². The number of rotatable bonds is 12. The molecule has 0 amide bonds. The first-order valence-corrected chi connectivity index (χ1v) is 18.0. The maximum Gasteiger partial charge on any atom is 0.468 e. The molecule has 0 aliphatic heterocycles. The second-order valence-electron chi connectivity index (χ2n) is 19.2. The number of aromatic nitrogens is 3. The van der Waals surface area contributed by atoms with E-state index < -0.39 is 118 Å². The Hall–Kier alpha value is -5.97. The van der Waals surface area contributed by atoms with Crippen LogP contribution in [0.5, 0.6) is 0 Å². The largest absolute Gasteiger partial charge is 0.468 e. The number of nitro groups is 3. The van der Waals surface area contributed by atoms with Gasteiger partial charge in [-0.25, -0.2) is 43.7 Å². The predicted molar refractivity (Wildman–Crippen MR) is 201 cm³/mol. The third-order valence-electron chi connectivity index (χ3n) is 6.59. The SMILES string of the molecule is CC(C)(C)OC(=O)C(C(=O)OC(C)(C)C)(c1nc(C(C(=O)OC(C)(C)C)(C(=O)OC(C)(C)C)[N+](=O)[O-])nc(C(C(=O)OC(C)(C)C)(C(=O)OC(C)(C)C)[N+](=O)[O-])n1)[N+](=O)[O-]. The summed E-state index contributed by atoms with van der Waals surface area (Å²) in [5.41, 5.74) is -23.2. The van der Waals surface area contributed by atoms with E-state index in [1.165, 1.54) is 125 Å². The van der Waals surface area contributed by atoms with E-state index in [-0.39, 0.29) is 0 Å². The van der Waals surface area contributed by atoms with Gasteiger partial charge in [0.25, 0.3) is 0 Å². The summed E-state index contributed by atoms with van der Waals surface area (Å²) in [7, 11) is 0. The molecule has 0 bridgehead atoms. The monoisotopic (exact) mass is 858 g/mol. The predicted octanol–water partition coefficient (Wildman–Crippen LogP) is 3.34. The molecular formula is C36H54N6O18. The topological polar surface area (TPSA) is 326 Å². The van der Waals surface area contributed by atoms with Gasteiger partial charge in [-0.15, -0.1) is 0 Å². The van der Waals surface area contributed by atoms with Crippen molar-refractivity contribution in [2.45, 2.75) is 175 Å². The van der Waals surface area contributed by atoms with E-state index in [2.05, 4.69) is 15.0 Å². The Kier molecular flexibility index (Phi) is 14.4. The van der Waals surface area contributed by atoms with Gasteiger partial charge >= 0.3 is 52.4 Å². The highest BCUT2D eigenvalue weighted by atomic mass is 16.7. The van der Waals surface area contributed by atoms with E-state index in [0.717, 1.165) is 0 Å². The normalized spacial score (nSPS) is 13.3. The van der Waals surface area contributed by atoms with Crippen molar-refractivity contribution in [3.63, 3.8) is 0 Å². The lowest BCUT2D eigenvalue weighted by molar-refractivity contribution is -0.558. The summed E-state index contributed by atoms with van der Waals surface area (Å²) in [6, 6.07) is 0. The Morgan fingerprint density at radius 3 is 0.533 bits per heavy atom. The number of carbonyl (C=O) groups excluding carboxylic acids is 6. The van der Waals surface area contributed by atoms with Crippen LogP contribution in [0, 0.1) is 30.3 Å². The van der Waals surface area contributed by atoms with Crippen LogP contribution in [0.15, 0.2) is 0 Å². The minimum absolute atomic E-state index is 1.19. The van der Waals surface area contributed by atoms with E-state index >= 15 is 0 Å². The minimum atomic E-state index is -4.32. The fourth-order valence-corrected chi connectivity index (χ4v) is 4.46. The van der Waals surface area contributed by atoms with E-state index in [9.17, 15) is 59.1 Å². The quantitative estimate of drug-likeness (QED) is 0.0956. The van der Waals surface area contributed by atoms with Gasteiger partial charge in [0.1, 0.15) is 33.6 Å².